The Labute approximate surface area is 275 Å². The van der Waals surface area contributed by atoms with Crippen molar-refractivity contribution in [3.63, 3.8) is 0 Å². The first-order valence-corrected chi connectivity index (χ1v) is 16.1. The third kappa shape index (κ3) is 14.1. The van der Waals surface area contributed by atoms with E-state index in [0.717, 1.165) is 53.5 Å². The highest BCUT2D eigenvalue weighted by Crippen LogP contribution is 2.39. The molecule has 0 spiro atoms. The number of nitrogens with zero attached hydrogens (tertiary/aromatic N) is 3. The molecular weight excluding hydrogens is 590 g/mol. The van der Waals surface area contributed by atoms with Gasteiger partial charge in [0.05, 0.1) is 23.2 Å². The van der Waals surface area contributed by atoms with Crippen LogP contribution in [0.4, 0.5) is 5.69 Å². The molecular formula is C36H54ClN3O5. The van der Waals surface area contributed by atoms with Crippen LogP contribution < -0.4 is 14.4 Å². The fourth-order valence-corrected chi connectivity index (χ4v) is 4.88. The number of piperidine rings is 1. The Bertz CT molecular complexity index is 1290. The van der Waals surface area contributed by atoms with Crippen LogP contribution in [0.15, 0.2) is 42.7 Å². The van der Waals surface area contributed by atoms with Crippen molar-refractivity contribution in [1.82, 2.24) is 9.97 Å². The average molecular weight is 644 g/mol. The maximum absolute atomic E-state index is 8.52. The van der Waals surface area contributed by atoms with E-state index in [1.807, 2.05) is 57.3 Å². The third-order valence-corrected chi connectivity index (χ3v) is 7.15. The molecule has 250 valence electrons. The van der Waals surface area contributed by atoms with Crippen molar-refractivity contribution < 1.29 is 24.5 Å². The van der Waals surface area contributed by atoms with Gasteiger partial charge in [0.2, 0.25) is 0 Å². The molecule has 0 atom stereocenters. The zero-order valence-electron chi connectivity index (χ0n) is 28.9. The number of carbonyl (C=O) groups is 1. The Kier molecular flexibility index (Phi) is 16.9. The van der Waals surface area contributed by atoms with Gasteiger partial charge in [-0.3, -0.25) is 14.8 Å². The molecule has 0 aliphatic carbocycles. The number of benzene rings is 1. The summed E-state index contributed by atoms with van der Waals surface area (Å²) in [5.74, 6) is 1.54. The summed E-state index contributed by atoms with van der Waals surface area (Å²) >= 11 is 6.01. The second-order valence-corrected chi connectivity index (χ2v) is 12.8. The molecule has 9 heteroatoms. The van der Waals surface area contributed by atoms with E-state index in [4.69, 9.17) is 46.1 Å². The monoisotopic (exact) mass is 643 g/mol. The van der Waals surface area contributed by atoms with E-state index in [0.29, 0.717) is 23.7 Å². The van der Waals surface area contributed by atoms with Crippen LogP contribution in [0.2, 0.25) is 5.02 Å². The molecule has 2 N–H and O–H groups in total. The lowest BCUT2D eigenvalue weighted by Crippen LogP contribution is -2.38. The molecule has 1 fully saturated rings. The smallest absolute Gasteiger partial charge is 0.290 e. The third-order valence-electron chi connectivity index (χ3n) is 6.91. The van der Waals surface area contributed by atoms with Crippen molar-refractivity contribution in [3.8, 4) is 22.8 Å². The van der Waals surface area contributed by atoms with Crippen LogP contribution in [0.1, 0.15) is 85.1 Å². The maximum Gasteiger partial charge on any atom is 0.290 e. The minimum atomic E-state index is -0.500. The van der Waals surface area contributed by atoms with Crippen molar-refractivity contribution >= 4 is 23.8 Å². The number of aryl methyl sites for hydroxylation is 2. The molecule has 0 unspecified atom stereocenters. The van der Waals surface area contributed by atoms with Crippen LogP contribution in [0.5, 0.6) is 11.5 Å². The van der Waals surface area contributed by atoms with Gasteiger partial charge < -0.3 is 24.6 Å². The lowest BCUT2D eigenvalue weighted by atomic mass is 9.82. The number of pyridine rings is 2. The summed E-state index contributed by atoms with van der Waals surface area (Å²) in [6.45, 7) is 23.0. The van der Waals surface area contributed by atoms with Gasteiger partial charge in [0.1, 0.15) is 24.7 Å². The number of ether oxygens (including phenoxy) is 2. The summed E-state index contributed by atoms with van der Waals surface area (Å²) in [5, 5.41) is 16.1. The molecule has 0 amide bonds. The number of hydrogen-bond acceptors (Lipinski definition) is 7. The number of hydrogen-bond donors (Lipinski definition) is 2. The summed E-state index contributed by atoms with van der Waals surface area (Å²) in [5.41, 5.74) is 6.65. The van der Waals surface area contributed by atoms with Crippen LogP contribution in [0, 0.1) is 19.3 Å². The van der Waals surface area contributed by atoms with Gasteiger partial charge in [-0.15, -0.1) is 0 Å². The topological polar surface area (TPSA) is 105 Å². The standard InChI is InChI=1S/C29H36ClN3O2.C4H10O.C2H6.CH2O2/c1-6-24-21(3)31-19-25(28(24)33-13-11-29(4,5)12-14-33)26-9-8-23(18-32-26)34-15-16-35-27-10-7-22(30)17-20(27)2;1-4(2,3)5;1-2;2-1-3/h7-10,17-19H,6,11-16H2,1-5H3;5H,1-3H3;1-2H3;1H,(H,2,3). The van der Waals surface area contributed by atoms with Gasteiger partial charge in [0, 0.05) is 35.6 Å². The number of rotatable bonds is 8. The van der Waals surface area contributed by atoms with Crippen LogP contribution in [0.3, 0.4) is 0 Å². The molecule has 1 aliphatic rings. The fraction of sp³-hybridized carbons (Fsp3) is 0.528. The molecule has 4 rings (SSSR count). The molecule has 45 heavy (non-hydrogen) atoms. The van der Waals surface area contributed by atoms with Crippen LogP contribution >= 0.6 is 11.6 Å². The van der Waals surface area contributed by atoms with Crippen LogP contribution in [0.25, 0.3) is 11.3 Å². The summed E-state index contributed by atoms with van der Waals surface area (Å²) in [6, 6.07) is 9.61. The normalized spacial score (nSPS) is 13.6. The zero-order valence-corrected chi connectivity index (χ0v) is 29.7. The van der Waals surface area contributed by atoms with Crippen molar-refractivity contribution in [2.45, 2.75) is 94.1 Å². The Balaban J connectivity index is 0.000000893. The molecule has 3 aromatic rings. The van der Waals surface area contributed by atoms with Crippen molar-refractivity contribution in [3.05, 3.63) is 64.6 Å². The molecule has 0 radical (unpaired) electrons. The summed E-state index contributed by atoms with van der Waals surface area (Å²) in [7, 11) is 0. The van der Waals surface area contributed by atoms with E-state index in [9.17, 15) is 0 Å². The average Bonchev–Trinajstić information content (AvgIpc) is 2.97. The predicted molar refractivity (Wildman–Crippen MR) is 186 cm³/mol. The summed E-state index contributed by atoms with van der Waals surface area (Å²) < 4.78 is 11.7. The molecule has 0 bridgehead atoms. The van der Waals surface area contributed by atoms with Crippen LogP contribution in [-0.4, -0.2) is 58.6 Å². The fourth-order valence-electron chi connectivity index (χ4n) is 4.65. The number of aromatic nitrogens is 2. The second kappa shape index (κ2) is 19.2. The highest BCUT2D eigenvalue weighted by Gasteiger charge is 2.28. The van der Waals surface area contributed by atoms with Gasteiger partial charge in [0.15, 0.2) is 0 Å². The van der Waals surface area contributed by atoms with Crippen molar-refractivity contribution in [2.24, 2.45) is 5.41 Å². The Morgan fingerprint density at radius 2 is 1.58 bits per heavy atom. The first kappa shape index (κ1) is 39.7. The first-order chi connectivity index (χ1) is 21.2. The van der Waals surface area contributed by atoms with Crippen molar-refractivity contribution in [1.29, 1.82) is 0 Å². The first-order valence-electron chi connectivity index (χ1n) is 15.7. The lowest BCUT2D eigenvalue weighted by molar-refractivity contribution is -0.122. The lowest BCUT2D eigenvalue weighted by Gasteiger charge is -2.40. The highest BCUT2D eigenvalue weighted by atomic mass is 35.5. The minimum Gasteiger partial charge on any atom is -0.490 e. The van der Waals surface area contributed by atoms with Gasteiger partial charge in [-0.1, -0.05) is 46.2 Å². The van der Waals surface area contributed by atoms with E-state index in [2.05, 4.69) is 32.6 Å². The Hall–Kier alpha value is -3.36. The molecule has 8 nitrogen and oxygen atoms in total. The minimum absolute atomic E-state index is 0.250. The molecule has 1 aromatic carbocycles. The molecule has 1 aliphatic heterocycles. The van der Waals surface area contributed by atoms with Gasteiger partial charge in [-0.25, -0.2) is 0 Å². The van der Waals surface area contributed by atoms with E-state index in [-0.39, 0.29) is 6.47 Å². The van der Waals surface area contributed by atoms with Gasteiger partial charge in [-0.05, 0) is 101 Å². The van der Waals surface area contributed by atoms with E-state index >= 15 is 0 Å². The number of halogens is 1. The maximum atomic E-state index is 8.52. The van der Waals surface area contributed by atoms with Gasteiger partial charge in [-0.2, -0.15) is 0 Å². The quantitative estimate of drug-likeness (QED) is 0.186. The second-order valence-electron chi connectivity index (χ2n) is 12.4. The summed E-state index contributed by atoms with van der Waals surface area (Å²) in [4.78, 5) is 20.4. The Morgan fingerprint density at radius 3 is 2.09 bits per heavy atom. The van der Waals surface area contributed by atoms with E-state index in [1.54, 1.807) is 27.0 Å². The largest absolute Gasteiger partial charge is 0.490 e. The van der Waals surface area contributed by atoms with Crippen molar-refractivity contribution in [2.75, 3.05) is 31.2 Å². The predicted octanol–water partition coefficient (Wildman–Crippen LogP) is 8.56. The Morgan fingerprint density at radius 1 is 1.00 bits per heavy atom. The highest BCUT2D eigenvalue weighted by molar-refractivity contribution is 6.30. The summed E-state index contributed by atoms with van der Waals surface area (Å²) in [6.07, 6.45) is 7.10. The molecule has 2 aromatic heterocycles. The van der Waals surface area contributed by atoms with Gasteiger partial charge in [0.25, 0.3) is 6.47 Å². The SMILES string of the molecule is CC.CC(C)(C)O.CCc1c(C)ncc(-c2ccc(OCCOc3ccc(Cl)cc3C)cn2)c1N1CCC(C)(C)CC1.O=CO. The van der Waals surface area contributed by atoms with Gasteiger partial charge >= 0.3 is 0 Å². The number of carboxylic acid groups (broad SMARTS) is 1. The molecule has 0 saturated carbocycles. The zero-order chi connectivity index (χ0) is 34.2. The van der Waals surface area contributed by atoms with E-state index in [1.165, 1.54) is 24.1 Å². The van der Waals surface area contributed by atoms with Crippen LogP contribution in [-0.2, 0) is 11.2 Å². The molecule has 1 saturated heterocycles. The molecule has 3 heterocycles. The van der Waals surface area contributed by atoms with E-state index < -0.39 is 5.60 Å². The number of anilines is 1. The number of aliphatic hydroxyl groups is 1.